The highest BCUT2D eigenvalue weighted by Crippen LogP contribution is 2.16. The molecule has 2 aromatic rings. The van der Waals surface area contributed by atoms with Gasteiger partial charge in [0.2, 0.25) is 0 Å². The van der Waals surface area contributed by atoms with E-state index in [0.29, 0.717) is 11.4 Å². The SMILES string of the molecule is CN[C@H](Cl)C(C)NC(=O)c1cnc(/C(C)=N/Cc2ccc(OC)cc2)s1. The van der Waals surface area contributed by atoms with Gasteiger partial charge in [0.1, 0.15) is 21.1 Å². The second kappa shape index (κ2) is 9.66. The van der Waals surface area contributed by atoms with Gasteiger partial charge >= 0.3 is 0 Å². The molecule has 0 aliphatic carbocycles. The molecule has 0 radical (unpaired) electrons. The van der Waals surface area contributed by atoms with E-state index in [9.17, 15) is 4.79 Å². The first-order valence-corrected chi connectivity index (χ1v) is 9.42. The summed E-state index contributed by atoms with van der Waals surface area (Å²) in [7, 11) is 3.38. The van der Waals surface area contributed by atoms with Crippen LogP contribution in [0.15, 0.2) is 35.5 Å². The molecule has 0 aliphatic rings. The first kappa shape index (κ1) is 20.4. The molecule has 0 aliphatic heterocycles. The van der Waals surface area contributed by atoms with E-state index >= 15 is 0 Å². The highest BCUT2D eigenvalue weighted by molar-refractivity contribution is 7.15. The van der Waals surface area contributed by atoms with Crippen LogP contribution in [-0.2, 0) is 6.54 Å². The molecule has 1 amide bonds. The Morgan fingerprint density at radius 2 is 2.08 bits per heavy atom. The van der Waals surface area contributed by atoms with E-state index in [2.05, 4.69) is 20.6 Å². The molecule has 2 atom stereocenters. The van der Waals surface area contributed by atoms with Crippen molar-refractivity contribution in [1.29, 1.82) is 0 Å². The molecule has 0 fully saturated rings. The summed E-state index contributed by atoms with van der Waals surface area (Å²) in [5, 5.41) is 6.48. The van der Waals surface area contributed by atoms with E-state index in [1.54, 1.807) is 20.4 Å². The fourth-order valence-electron chi connectivity index (χ4n) is 2.16. The minimum atomic E-state index is -0.334. The zero-order chi connectivity index (χ0) is 19.1. The van der Waals surface area contributed by atoms with Crippen LogP contribution in [0.25, 0.3) is 0 Å². The van der Waals surface area contributed by atoms with Gasteiger partial charge in [0.05, 0.1) is 31.6 Å². The van der Waals surface area contributed by atoms with Gasteiger partial charge in [-0.05, 0) is 38.6 Å². The lowest BCUT2D eigenvalue weighted by molar-refractivity contribution is 0.0941. The number of thiazole rings is 1. The summed E-state index contributed by atoms with van der Waals surface area (Å²) in [5.74, 6) is 0.627. The number of nitrogens with zero attached hydrogens (tertiary/aromatic N) is 2. The molecule has 0 saturated carbocycles. The van der Waals surface area contributed by atoms with Crippen LogP contribution in [0.2, 0.25) is 0 Å². The first-order chi connectivity index (χ1) is 12.4. The normalized spacial score (nSPS) is 14.0. The van der Waals surface area contributed by atoms with Gasteiger partial charge in [0, 0.05) is 0 Å². The summed E-state index contributed by atoms with van der Waals surface area (Å²) in [6, 6.07) is 7.55. The fourth-order valence-corrected chi connectivity index (χ4v) is 3.00. The van der Waals surface area contributed by atoms with E-state index in [-0.39, 0.29) is 17.5 Å². The number of hydrogen-bond donors (Lipinski definition) is 2. The van der Waals surface area contributed by atoms with Crippen LogP contribution in [0, 0.1) is 0 Å². The molecular weight excluding hydrogens is 372 g/mol. The maximum absolute atomic E-state index is 12.3. The fraction of sp³-hybridized carbons (Fsp3) is 0.389. The number of hydrogen-bond acceptors (Lipinski definition) is 6. The van der Waals surface area contributed by atoms with E-state index in [1.165, 1.54) is 11.3 Å². The molecule has 6 nitrogen and oxygen atoms in total. The lowest BCUT2D eigenvalue weighted by Crippen LogP contribution is -2.43. The summed E-state index contributed by atoms with van der Waals surface area (Å²) >= 11 is 7.37. The van der Waals surface area contributed by atoms with Crippen molar-refractivity contribution < 1.29 is 9.53 Å². The van der Waals surface area contributed by atoms with Crippen LogP contribution in [0.1, 0.15) is 34.1 Å². The van der Waals surface area contributed by atoms with Crippen molar-refractivity contribution in [2.75, 3.05) is 14.2 Å². The Labute approximate surface area is 162 Å². The largest absolute Gasteiger partial charge is 0.497 e. The summed E-state index contributed by atoms with van der Waals surface area (Å²) < 4.78 is 5.14. The van der Waals surface area contributed by atoms with Gasteiger partial charge in [0.25, 0.3) is 5.91 Å². The molecule has 1 unspecified atom stereocenters. The summed E-state index contributed by atoms with van der Waals surface area (Å²) in [6.07, 6.45) is 1.57. The van der Waals surface area contributed by atoms with Crippen LogP contribution in [0.4, 0.5) is 0 Å². The van der Waals surface area contributed by atoms with Crippen molar-refractivity contribution in [2.45, 2.75) is 31.9 Å². The molecule has 1 heterocycles. The van der Waals surface area contributed by atoms with Gasteiger partial charge in [-0.3, -0.25) is 9.79 Å². The van der Waals surface area contributed by atoms with Crippen molar-refractivity contribution in [1.82, 2.24) is 15.6 Å². The number of halogens is 1. The Balaban J connectivity index is 1.99. The number of carbonyl (C=O) groups is 1. The summed E-state index contributed by atoms with van der Waals surface area (Å²) in [4.78, 5) is 21.7. The molecule has 2 N–H and O–H groups in total. The van der Waals surface area contributed by atoms with Crippen molar-refractivity contribution >= 4 is 34.6 Å². The standard InChI is InChI=1S/C18H23ClN4O2S/c1-11(16(19)20-3)23-17(24)15-10-22-18(26-15)12(2)21-9-13-5-7-14(25-4)8-6-13/h5-8,10-11,16,20H,9H2,1-4H3,(H,23,24)/b21-12+/t11?,16-/m0/s1. The topological polar surface area (TPSA) is 75.6 Å². The van der Waals surface area contributed by atoms with E-state index in [0.717, 1.165) is 22.0 Å². The van der Waals surface area contributed by atoms with Gasteiger partial charge in [-0.25, -0.2) is 4.98 Å². The average molecular weight is 395 g/mol. The van der Waals surface area contributed by atoms with Crippen LogP contribution in [0.5, 0.6) is 5.75 Å². The van der Waals surface area contributed by atoms with Crippen LogP contribution >= 0.6 is 22.9 Å². The Hall–Kier alpha value is -1.96. The van der Waals surface area contributed by atoms with E-state index in [4.69, 9.17) is 16.3 Å². The molecule has 140 valence electrons. The highest BCUT2D eigenvalue weighted by Gasteiger charge is 2.18. The van der Waals surface area contributed by atoms with Gasteiger partial charge < -0.3 is 15.4 Å². The molecular formula is C18H23ClN4O2S. The molecule has 1 aromatic heterocycles. The highest BCUT2D eigenvalue weighted by atomic mass is 35.5. The third kappa shape index (κ3) is 5.52. The lowest BCUT2D eigenvalue weighted by Gasteiger charge is -2.18. The number of rotatable bonds is 8. The van der Waals surface area contributed by atoms with E-state index < -0.39 is 0 Å². The average Bonchev–Trinajstić information content (AvgIpc) is 3.16. The monoisotopic (exact) mass is 394 g/mol. The molecule has 0 saturated heterocycles. The number of carbonyl (C=O) groups excluding carboxylic acids is 1. The first-order valence-electron chi connectivity index (χ1n) is 8.17. The number of benzene rings is 1. The number of ether oxygens (including phenoxy) is 1. The van der Waals surface area contributed by atoms with Crippen LogP contribution < -0.4 is 15.4 Å². The van der Waals surface area contributed by atoms with Gasteiger partial charge in [0.15, 0.2) is 0 Å². The third-order valence-corrected chi connectivity index (χ3v) is 5.47. The summed E-state index contributed by atoms with van der Waals surface area (Å²) in [6.45, 7) is 4.28. The number of aliphatic imine (C=N–C) groups is 1. The second-order valence-electron chi connectivity index (χ2n) is 5.73. The maximum Gasteiger partial charge on any atom is 0.263 e. The van der Waals surface area contributed by atoms with Crippen molar-refractivity contribution in [3.05, 3.63) is 45.9 Å². The number of likely N-dealkylation sites (N-methyl/N-ethyl adjacent to an activating group) is 1. The minimum absolute atomic E-state index is 0.190. The molecule has 2 rings (SSSR count). The number of alkyl halides is 1. The Morgan fingerprint density at radius 3 is 2.69 bits per heavy atom. The van der Waals surface area contributed by atoms with Crippen LogP contribution in [-0.4, -0.2) is 42.3 Å². The minimum Gasteiger partial charge on any atom is -0.497 e. The predicted octanol–water partition coefficient (Wildman–Crippen LogP) is 3.06. The number of amides is 1. The molecule has 26 heavy (non-hydrogen) atoms. The maximum atomic E-state index is 12.3. The predicted molar refractivity (Wildman–Crippen MR) is 107 cm³/mol. The molecule has 0 bridgehead atoms. The Morgan fingerprint density at radius 1 is 1.38 bits per heavy atom. The second-order valence-corrected chi connectivity index (χ2v) is 7.23. The quantitative estimate of drug-likeness (QED) is 0.410. The Kier molecular flexibility index (Phi) is 7.56. The smallest absolute Gasteiger partial charge is 0.263 e. The van der Waals surface area contributed by atoms with Crippen molar-refractivity contribution in [2.24, 2.45) is 4.99 Å². The molecule has 0 spiro atoms. The zero-order valence-corrected chi connectivity index (χ0v) is 16.8. The molecule has 8 heteroatoms. The summed E-state index contributed by atoms with van der Waals surface area (Å²) in [5.41, 5.74) is 1.54. The van der Waals surface area contributed by atoms with Gasteiger partial charge in [-0.1, -0.05) is 12.1 Å². The van der Waals surface area contributed by atoms with E-state index in [1.807, 2.05) is 38.1 Å². The van der Waals surface area contributed by atoms with Crippen LogP contribution in [0.3, 0.4) is 0 Å². The zero-order valence-electron chi connectivity index (χ0n) is 15.2. The lowest BCUT2D eigenvalue weighted by atomic mass is 10.2. The van der Waals surface area contributed by atoms with Gasteiger partial charge in [-0.15, -0.1) is 22.9 Å². The third-order valence-electron chi connectivity index (χ3n) is 3.77. The van der Waals surface area contributed by atoms with Crippen molar-refractivity contribution in [3.63, 3.8) is 0 Å². The molecule has 1 aromatic carbocycles. The van der Waals surface area contributed by atoms with Crippen molar-refractivity contribution in [3.8, 4) is 5.75 Å². The number of nitrogens with one attached hydrogen (secondary N) is 2. The Bertz CT molecular complexity index is 761. The van der Waals surface area contributed by atoms with Gasteiger partial charge in [-0.2, -0.15) is 0 Å². The number of methoxy groups -OCH3 is 1. The number of aromatic nitrogens is 1.